The number of ketones is 1. The lowest BCUT2D eigenvalue weighted by atomic mass is 10.1. The smallest absolute Gasteiger partial charge is 0.267 e. The van der Waals surface area contributed by atoms with Gasteiger partial charge in [-0.25, -0.2) is 0 Å². The molecule has 5 nitrogen and oxygen atoms in total. The van der Waals surface area contributed by atoms with Crippen LogP contribution in [0.1, 0.15) is 32.8 Å². The summed E-state index contributed by atoms with van der Waals surface area (Å²) < 4.78 is 4.91. The molecule has 2 rings (SSSR count). The summed E-state index contributed by atoms with van der Waals surface area (Å²) >= 11 is 0. The lowest BCUT2D eigenvalue weighted by Crippen LogP contribution is -2.25. The van der Waals surface area contributed by atoms with Crippen LogP contribution in [0, 0.1) is 0 Å². The highest BCUT2D eigenvalue weighted by Crippen LogP contribution is 2.11. The van der Waals surface area contributed by atoms with Gasteiger partial charge in [0.05, 0.1) is 0 Å². The molecular formula is C16H18N2O3. The molecule has 1 amide bonds. The third kappa shape index (κ3) is 4.03. The summed E-state index contributed by atoms with van der Waals surface area (Å²) in [6.07, 6.45) is 2.30. The molecule has 0 aliphatic heterocycles. The second-order valence-corrected chi connectivity index (χ2v) is 4.60. The van der Waals surface area contributed by atoms with Crippen molar-refractivity contribution in [3.8, 4) is 0 Å². The number of hydrogen-bond donors (Lipinski definition) is 2. The number of nitrogens with one attached hydrogen (secondary N) is 2. The number of aromatic amines is 1. The normalized spacial score (nSPS) is 10.3. The molecular weight excluding hydrogens is 268 g/mol. The minimum absolute atomic E-state index is 0.106. The third-order valence-corrected chi connectivity index (χ3v) is 3.04. The first-order valence-electron chi connectivity index (χ1n) is 6.77. The van der Waals surface area contributed by atoms with E-state index in [0.717, 1.165) is 6.42 Å². The first-order chi connectivity index (χ1) is 10.2. The summed E-state index contributed by atoms with van der Waals surface area (Å²) in [5.74, 6) is -0.330. The SMILES string of the molecule is COCCCNC(=O)c1cc(C(=O)c2ccccc2)c[nH]1. The fraction of sp³-hybridized carbons (Fsp3) is 0.250. The molecule has 0 aliphatic carbocycles. The number of rotatable bonds is 7. The Balaban J connectivity index is 1.98. The summed E-state index contributed by atoms with van der Waals surface area (Å²) in [6, 6.07) is 10.5. The van der Waals surface area contributed by atoms with Crippen LogP contribution in [-0.4, -0.2) is 36.9 Å². The maximum absolute atomic E-state index is 12.2. The number of hydrogen-bond acceptors (Lipinski definition) is 3. The van der Waals surface area contributed by atoms with E-state index in [1.807, 2.05) is 18.2 Å². The van der Waals surface area contributed by atoms with Crippen LogP contribution in [0.2, 0.25) is 0 Å². The van der Waals surface area contributed by atoms with Crippen molar-refractivity contribution in [3.63, 3.8) is 0 Å². The molecule has 21 heavy (non-hydrogen) atoms. The van der Waals surface area contributed by atoms with Gasteiger partial charge in [0.2, 0.25) is 0 Å². The molecule has 1 aromatic heterocycles. The molecule has 1 aromatic carbocycles. The van der Waals surface area contributed by atoms with Crippen molar-refractivity contribution in [1.82, 2.24) is 10.3 Å². The molecule has 0 bridgehead atoms. The van der Waals surface area contributed by atoms with Crippen LogP contribution < -0.4 is 5.32 Å². The van der Waals surface area contributed by atoms with Gasteiger partial charge in [-0.05, 0) is 12.5 Å². The highest BCUT2D eigenvalue weighted by molar-refractivity contribution is 6.10. The zero-order chi connectivity index (χ0) is 15.1. The molecule has 0 unspecified atom stereocenters. The summed E-state index contributed by atoms with van der Waals surface area (Å²) in [6.45, 7) is 1.14. The largest absolute Gasteiger partial charge is 0.385 e. The standard InChI is InChI=1S/C16H18N2O3/c1-21-9-5-8-17-16(20)14-10-13(11-18-14)15(19)12-6-3-2-4-7-12/h2-4,6-7,10-11,18H,5,8-9H2,1H3,(H,17,20). The molecule has 0 spiro atoms. The van der Waals surface area contributed by atoms with Crippen LogP contribution in [0.15, 0.2) is 42.6 Å². The number of carbonyl (C=O) groups excluding carboxylic acids is 2. The predicted octanol–water partition coefficient (Wildman–Crippen LogP) is 2.01. The molecule has 0 atom stereocenters. The van der Waals surface area contributed by atoms with Crippen molar-refractivity contribution < 1.29 is 14.3 Å². The van der Waals surface area contributed by atoms with Crippen molar-refractivity contribution in [3.05, 3.63) is 59.4 Å². The maximum atomic E-state index is 12.2. The van der Waals surface area contributed by atoms with Crippen LogP contribution in [0.25, 0.3) is 0 Å². The van der Waals surface area contributed by atoms with E-state index in [-0.39, 0.29) is 11.7 Å². The van der Waals surface area contributed by atoms with E-state index < -0.39 is 0 Å². The van der Waals surface area contributed by atoms with Gasteiger partial charge in [0.15, 0.2) is 5.78 Å². The molecule has 0 saturated heterocycles. The minimum atomic E-state index is -0.224. The predicted molar refractivity (Wildman–Crippen MR) is 79.5 cm³/mol. The highest BCUT2D eigenvalue weighted by Gasteiger charge is 2.13. The van der Waals surface area contributed by atoms with E-state index in [2.05, 4.69) is 10.3 Å². The van der Waals surface area contributed by atoms with E-state index in [0.29, 0.717) is 30.0 Å². The van der Waals surface area contributed by atoms with Gasteiger partial charge in [0.25, 0.3) is 5.91 Å². The van der Waals surface area contributed by atoms with Gasteiger partial charge in [-0.1, -0.05) is 30.3 Å². The van der Waals surface area contributed by atoms with Crippen molar-refractivity contribution in [2.24, 2.45) is 0 Å². The Morgan fingerprint density at radius 2 is 1.95 bits per heavy atom. The van der Waals surface area contributed by atoms with E-state index in [1.165, 1.54) is 0 Å². The van der Waals surface area contributed by atoms with Crippen molar-refractivity contribution in [1.29, 1.82) is 0 Å². The Hall–Kier alpha value is -2.40. The van der Waals surface area contributed by atoms with Crippen LogP contribution in [0.3, 0.4) is 0 Å². The lowest BCUT2D eigenvalue weighted by Gasteiger charge is -2.02. The summed E-state index contributed by atoms with van der Waals surface area (Å²) in [7, 11) is 1.62. The van der Waals surface area contributed by atoms with Crippen molar-refractivity contribution >= 4 is 11.7 Å². The van der Waals surface area contributed by atoms with Gasteiger partial charge in [-0.15, -0.1) is 0 Å². The molecule has 0 radical (unpaired) electrons. The molecule has 2 N–H and O–H groups in total. The zero-order valence-corrected chi connectivity index (χ0v) is 11.9. The highest BCUT2D eigenvalue weighted by atomic mass is 16.5. The first-order valence-corrected chi connectivity index (χ1v) is 6.77. The number of benzene rings is 1. The molecule has 0 aliphatic rings. The Morgan fingerprint density at radius 3 is 2.67 bits per heavy atom. The van der Waals surface area contributed by atoms with Crippen LogP contribution in [0.4, 0.5) is 0 Å². The quantitative estimate of drug-likeness (QED) is 0.604. The number of aromatic nitrogens is 1. The topological polar surface area (TPSA) is 71.2 Å². The van der Waals surface area contributed by atoms with E-state index in [1.54, 1.807) is 31.5 Å². The third-order valence-electron chi connectivity index (χ3n) is 3.04. The Kier molecular flexibility index (Phi) is 5.29. The number of carbonyl (C=O) groups is 2. The molecule has 0 fully saturated rings. The number of amides is 1. The number of methoxy groups -OCH3 is 1. The average molecular weight is 286 g/mol. The van der Waals surface area contributed by atoms with Gasteiger partial charge in [0.1, 0.15) is 5.69 Å². The van der Waals surface area contributed by atoms with Gasteiger partial charge in [-0.2, -0.15) is 0 Å². The van der Waals surface area contributed by atoms with Gasteiger partial charge in [0, 0.05) is 37.6 Å². The number of ether oxygens (including phenoxy) is 1. The maximum Gasteiger partial charge on any atom is 0.267 e. The Labute approximate surface area is 123 Å². The van der Waals surface area contributed by atoms with Gasteiger partial charge in [-0.3, -0.25) is 9.59 Å². The lowest BCUT2D eigenvalue weighted by molar-refractivity contribution is 0.0944. The fourth-order valence-electron chi connectivity index (χ4n) is 1.93. The zero-order valence-electron chi connectivity index (χ0n) is 11.9. The van der Waals surface area contributed by atoms with E-state index in [4.69, 9.17) is 4.74 Å². The Morgan fingerprint density at radius 1 is 1.19 bits per heavy atom. The number of H-pyrrole nitrogens is 1. The van der Waals surface area contributed by atoms with Gasteiger partial charge < -0.3 is 15.0 Å². The molecule has 110 valence electrons. The summed E-state index contributed by atoms with van der Waals surface area (Å²) in [5, 5.41) is 2.76. The molecule has 0 saturated carbocycles. The fourth-order valence-corrected chi connectivity index (χ4v) is 1.93. The second kappa shape index (κ2) is 7.40. The Bertz CT molecular complexity index is 605. The van der Waals surface area contributed by atoms with Crippen molar-refractivity contribution in [2.45, 2.75) is 6.42 Å². The van der Waals surface area contributed by atoms with E-state index >= 15 is 0 Å². The van der Waals surface area contributed by atoms with Crippen LogP contribution in [-0.2, 0) is 4.74 Å². The van der Waals surface area contributed by atoms with Crippen LogP contribution >= 0.6 is 0 Å². The molecule has 2 aromatic rings. The molecule has 5 heteroatoms. The first kappa shape index (κ1) is 15.0. The van der Waals surface area contributed by atoms with E-state index in [9.17, 15) is 9.59 Å². The summed E-state index contributed by atoms with van der Waals surface area (Å²) in [5.41, 5.74) is 1.46. The second-order valence-electron chi connectivity index (χ2n) is 4.60. The summed E-state index contributed by atoms with van der Waals surface area (Å²) in [4.78, 5) is 26.9. The molecule has 1 heterocycles. The average Bonchev–Trinajstić information content (AvgIpc) is 3.01. The minimum Gasteiger partial charge on any atom is -0.385 e. The monoisotopic (exact) mass is 286 g/mol. The van der Waals surface area contributed by atoms with Crippen molar-refractivity contribution in [2.75, 3.05) is 20.3 Å². The van der Waals surface area contributed by atoms with Gasteiger partial charge >= 0.3 is 0 Å². The van der Waals surface area contributed by atoms with Crippen LogP contribution in [0.5, 0.6) is 0 Å².